The van der Waals surface area contributed by atoms with Crippen molar-refractivity contribution < 1.29 is 33.0 Å². The van der Waals surface area contributed by atoms with Gasteiger partial charge in [-0.1, -0.05) is 17.7 Å². The van der Waals surface area contributed by atoms with E-state index in [0.29, 0.717) is 6.07 Å². The number of hydrogen-bond donors (Lipinski definition) is 2. The topological polar surface area (TPSA) is 74.6 Å². The fourth-order valence-corrected chi connectivity index (χ4v) is 2.15. The first-order valence-electron chi connectivity index (χ1n) is 6.08. The monoisotopic (exact) mass is 344 g/mol. The maximum atomic E-state index is 12.9. The number of carboxylic acid groups (broad SMARTS) is 2. The highest BCUT2D eigenvalue weighted by Gasteiger charge is 2.32. The van der Waals surface area contributed by atoms with Crippen molar-refractivity contribution in [1.29, 1.82) is 0 Å². The molecule has 2 aromatic carbocycles. The molecule has 0 heterocycles. The molecule has 0 fully saturated rings. The maximum Gasteiger partial charge on any atom is 0.416 e. The Bertz CT molecular complexity index is 800. The van der Waals surface area contributed by atoms with Gasteiger partial charge in [0.2, 0.25) is 0 Å². The van der Waals surface area contributed by atoms with Crippen molar-refractivity contribution in [2.75, 3.05) is 0 Å². The van der Waals surface area contributed by atoms with E-state index in [1.54, 1.807) is 0 Å². The number of aromatic carboxylic acids is 2. The van der Waals surface area contributed by atoms with Crippen molar-refractivity contribution in [3.05, 3.63) is 58.1 Å². The van der Waals surface area contributed by atoms with E-state index in [9.17, 15) is 22.8 Å². The summed E-state index contributed by atoms with van der Waals surface area (Å²) in [6.07, 6.45) is -4.73. The standard InChI is InChI=1S/C15H8ClF3O4/c16-12-2-1-7(6-11(12)14(22)23)8-3-9(13(20)21)5-10(4-8)15(17,18)19/h1-6H,(H,20,21)(H,22,23). The molecule has 0 aromatic heterocycles. The minimum Gasteiger partial charge on any atom is -0.478 e. The molecular formula is C15H8ClF3O4. The zero-order valence-corrected chi connectivity index (χ0v) is 11.9. The maximum absolute atomic E-state index is 12.9. The van der Waals surface area contributed by atoms with Gasteiger partial charge in [-0.25, -0.2) is 9.59 Å². The molecule has 2 aromatic rings. The highest BCUT2D eigenvalue weighted by molar-refractivity contribution is 6.33. The Morgan fingerprint density at radius 3 is 2.09 bits per heavy atom. The number of halogens is 4. The van der Waals surface area contributed by atoms with Crippen molar-refractivity contribution in [2.24, 2.45) is 0 Å². The fraction of sp³-hybridized carbons (Fsp3) is 0.0667. The van der Waals surface area contributed by atoms with Gasteiger partial charge < -0.3 is 10.2 Å². The summed E-state index contributed by atoms with van der Waals surface area (Å²) in [5, 5.41) is 17.9. The predicted octanol–water partition coefficient (Wildman–Crippen LogP) is 4.42. The highest BCUT2D eigenvalue weighted by atomic mass is 35.5. The predicted molar refractivity (Wildman–Crippen MR) is 75.8 cm³/mol. The molecule has 4 nitrogen and oxygen atoms in total. The van der Waals surface area contributed by atoms with Gasteiger partial charge in [0.05, 0.1) is 21.7 Å². The molecule has 0 saturated carbocycles. The van der Waals surface area contributed by atoms with E-state index in [1.165, 1.54) is 12.1 Å². The van der Waals surface area contributed by atoms with Gasteiger partial charge in [0, 0.05) is 0 Å². The van der Waals surface area contributed by atoms with Crippen LogP contribution in [0.15, 0.2) is 36.4 Å². The molecule has 0 atom stereocenters. The van der Waals surface area contributed by atoms with Gasteiger partial charge in [-0.2, -0.15) is 13.2 Å². The molecule has 2 rings (SSSR count). The Balaban J connectivity index is 2.68. The number of rotatable bonds is 3. The van der Waals surface area contributed by atoms with E-state index >= 15 is 0 Å². The van der Waals surface area contributed by atoms with Gasteiger partial charge in [-0.15, -0.1) is 0 Å². The quantitative estimate of drug-likeness (QED) is 0.864. The molecule has 0 bridgehead atoms. The first-order valence-corrected chi connectivity index (χ1v) is 6.46. The zero-order chi connectivity index (χ0) is 17.4. The number of alkyl halides is 3. The second-order valence-corrected chi connectivity index (χ2v) is 5.01. The van der Waals surface area contributed by atoms with Crippen LogP contribution in [0.4, 0.5) is 13.2 Å². The lowest BCUT2D eigenvalue weighted by Gasteiger charge is -2.11. The smallest absolute Gasteiger partial charge is 0.416 e. The molecule has 23 heavy (non-hydrogen) atoms. The van der Waals surface area contributed by atoms with E-state index in [0.717, 1.165) is 18.2 Å². The molecule has 0 aliphatic rings. The molecule has 120 valence electrons. The van der Waals surface area contributed by atoms with Crippen molar-refractivity contribution in [3.8, 4) is 11.1 Å². The van der Waals surface area contributed by atoms with Crippen molar-refractivity contribution in [2.45, 2.75) is 6.18 Å². The number of benzene rings is 2. The van der Waals surface area contributed by atoms with Gasteiger partial charge in [-0.05, 0) is 41.5 Å². The SMILES string of the molecule is O=C(O)c1cc(-c2ccc(Cl)c(C(=O)O)c2)cc(C(F)(F)F)c1. The molecule has 0 aliphatic heterocycles. The molecule has 0 amide bonds. The van der Waals surface area contributed by atoms with Gasteiger partial charge in [0.15, 0.2) is 0 Å². The fourth-order valence-electron chi connectivity index (χ4n) is 1.95. The summed E-state index contributed by atoms with van der Waals surface area (Å²) in [7, 11) is 0. The summed E-state index contributed by atoms with van der Waals surface area (Å²) in [4.78, 5) is 22.1. The van der Waals surface area contributed by atoms with Crippen molar-refractivity contribution >= 4 is 23.5 Å². The summed E-state index contributed by atoms with van der Waals surface area (Å²) in [6.45, 7) is 0. The molecule has 0 saturated heterocycles. The molecule has 2 N–H and O–H groups in total. The average molecular weight is 345 g/mol. The van der Waals surface area contributed by atoms with Crippen LogP contribution in [0.2, 0.25) is 5.02 Å². The minimum absolute atomic E-state index is 0.0728. The van der Waals surface area contributed by atoms with E-state index in [-0.39, 0.29) is 21.7 Å². The minimum atomic E-state index is -4.73. The van der Waals surface area contributed by atoms with E-state index in [2.05, 4.69) is 0 Å². The second kappa shape index (κ2) is 5.92. The van der Waals surface area contributed by atoms with Crippen LogP contribution >= 0.6 is 11.6 Å². The van der Waals surface area contributed by atoms with E-state index in [1.807, 2.05) is 0 Å². The first-order chi connectivity index (χ1) is 10.6. The van der Waals surface area contributed by atoms with Crippen LogP contribution in [0.5, 0.6) is 0 Å². The Morgan fingerprint density at radius 1 is 0.913 bits per heavy atom. The Morgan fingerprint density at radius 2 is 1.57 bits per heavy atom. The van der Waals surface area contributed by atoms with Crippen LogP contribution < -0.4 is 0 Å². The lowest BCUT2D eigenvalue weighted by Crippen LogP contribution is -2.08. The molecular weight excluding hydrogens is 337 g/mol. The Hall–Kier alpha value is -2.54. The van der Waals surface area contributed by atoms with Crippen LogP contribution in [0.25, 0.3) is 11.1 Å². The molecule has 0 radical (unpaired) electrons. The van der Waals surface area contributed by atoms with E-state index in [4.69, 9.17) is 21.8 Å². The third kappa shape index (κ3) is 3.62. The lowest BCUT2D eigenvalue weighted by atomic mass is 9.98. The van der Waals surface area contributed by atoms with E-state index < -0.39 is 29.2 Å². The number of carbonyl (C=O) groups is 2. The largest absolute Gasteiger partial charge is 0.478 e. The third-order valence-electron chi connectivity index (χ3n) is 3.04. The highest BCUT2D eigenvalue weighted by Crippen LogP contribution is 2.34. The van der Waals surface area contributed by atoms with Crippen molar-refractivity contribution in [1.82, 2.24) is 0 Å². The van der Waals surface area contributed by atoms with Gasteiger partial charge in [-0.3, -0.25) is 0 Å². The van der Waals surface area contributed by atoms with Gasteiger partial charge in [0.25, 0.3) is 0 Å². The molecule has 0 unspecified atom stereocenters. The molecule has 0 spiro atoms. The lowest BCUT2D eigenvalue weighted by molar-refractivity contribution is -0.137. The summed E-state index contributed by atoms with van der Waals surface area (Å²) < 4.78 is 38.7. The van der Waals surface area contributed by atoms with Gasteiger partial charge >= 0.3 is 18.1 Å². The first kappa shape index (κ1) is 16.8. The Labute approximate surface area is 132 Å². The number of carboxylic acids is 2. The van der Waals surface area contributed by atoms with Crippen LogP contribution in [-0.2, 0) is 6.18 Å². The summed E-state index contributed by atoms with van der Waals surface area (Å²) >= 11 is 5.71. The number of hydrogen-bond acceptors (Lipinski definition) is 2. The van der Waals surface area contributed by atoms with Crippen LogP contribution in [0, 0.1) is 0 Å². The van der Waals surface area contributed by atoms with Crippen LogP contribution in [0.3, 0.4) is 0 Å². The summed E-state index contributed by atoms with van der Waals surface area (Å²) in [5.41, 5.74) is -1.95. The third-order valence-corrected chi connectivity index (χ3v) is 3.37. The Kier molecular flexibility index (Phi) is 4.33. The second-order valence-electron chi connectivity index (χ2n) is 4.60. The molecule has 8 heteroatoms. The summed E-state index contributed by atoms with van der Waals surface area (Å²) in [6, 6.07) is 5.93. The molecule has 0 aliphatic carbocycles. The van der Waals surface area contributed by atoms with Crippen LogP contribution in [0.1, 0.15) is 26.3 Å². The van der Waals surface area contributed by atoms with Crippen molar-refractivity contribution in [3.63, 3.8) is 0 Å². The van der Waals surface area contributed by atoms with Gasteiger partial charge in [0.1, 0.15) is 0 Å². The normalized spacial score (nSPS) is 11.3. The van der Waals surface area contributed by atoms with Crippen LogP contribution in [-0.4, -0.2) is 22.2 Å². The average Bonchev–Trinajstić information content (AvgIpc) is 2.46. The summed E-state index contributed by atoms with van der Waals surface area (Å²) in [5.74, 6) is -2.87. The zero-order valence-electron chi connectivity index (χ0n) is 11.2.